The second-order valence-corrected chi connectivity index (χ2v) is 8.03. The Bertz CT molecular complexity index is 649. The van der Waals surface area contributed by atoms with E-state index in [-0.39, 0.29) is 10.9 Å². The topological polar surface area (TPSA) is 62.7 Å². The van der Waals surface area contributed by atoms with Crippen molar-refractivity contribution in [2.24, 2.45) is 0 Å². The van der Waals surface area contributed by atoms with Crippen molar-refractivity contribution in [3.63, 3.8) is 0 Å². The van der Waals surface area contributed by atoms with E-state index in [2.05, 4.69) is 9.88 Å². The average Bonchev–Trinajstić information content (AvgIpc) is 2.55. The molecule has 1 atom stereocenters. The highest BCUT2D eigenvalue weighted by molar-refractivity contribution is 7.89. The molecule has 0 aromatic carbocycles. The van der Waals surface area contributed by atoms with Crippen LogP contribution in [0.3, 0.4) is 0 Å². The molecule has 2 saturated heterocycles. The molecule has 2 aliphatic heterocycles. The van der Waals surface area contributed by atoms with Gasteiger partial charge in [-0.2, -0.15) is 4.31 Å². The Labute approximate surface area is 136 Å². The number of nitrogens with zero attached hydrogens (tertiary/aromatic N) is 3. The molecule has 1 aromatic heterocycles. The molecule has 6 nitrogen and oxygen atoms in total. The van der Waals surface area contributed by atoms with E-state index in [1.54, 1.807) is 0 Å². The molecule has 2 fully saturated rings. The summed E-state index contributed by atoms with van der Waals surface area (Å²) in [6.45, 7) is 5.23. The van der Waals surface area contributed by atoms with Crippen molar-refractivity contribution < 1.29 is 17.5 Å². The zero-order chi connectivity index (χ0) is 16.4. The van der Waals surface area contributed by atoms with Crippen LogP contribution in [0.4, 0.5) is 4.39 Å². The lowest BCUT2D eigenvalue weighted by molar-refractivity contribution is 0.0137. The van der Waals surface area contributed by atoms with E-state index >= 15 is 0 Å². The molecular formula is C15H22FN3O3S. The fourth-order valence-electron chi connectivity index (χ4n) is 3.38. The molecule has 1 aromatic rings. The summed E-state index contributed by atoms with van der Waals surface area (Å²) in [5.41, 5.74) is 0. The predicted molar refractivity (Wildman–Crippen MR) is 83.0 cm³/mol. The Hall–Kier alpha value is -1.09. The molecule has 0 spiro atoms. The van der Waals surface area contributed by atoms with Gasteiger partial charge < -0.3 is 4.74 Å². The smallest absolute Gasteiger partial charge is 0.245 e. The fraction of sp³-hybridized carbons (Fsp3) is 0.667. The number of rotatable bonds is 3. The second-order valence-electron chi connectivity index (χ2n) is 6.14. The molecule has 128 valence electrons. The minimum atomic E-state index is -3.71. The van der Waals surface area contributed by atoms with E-state index < -0.39 is 15.8 Å². The van der Waals surface area contributed by atoms with Crippen LogP contribution in [0.2, 0.25) is 0 Å². The van der Waals surface area contributed by atoms with Crippen LogP contribution in [0.25, 0.3) is 0 Å². The summed E-state index contributed by atoms with van der Waals surface area (Å²) in [6.07, 6.45) is 4.20. The van der Waals surface area contributed by atoms with Crippen LogP contribution in [-0.2, 0) is 14.8 Å². The average molecular weight is 343 g/mol. The molecule has 0 N–H and O–H groups in total. The number of pyridine rings is 1. The van der Waals surface area contributed by atoms with E-state index in [9.17, 15) is 12.8 Å². The standard InChI is InChI=1S/C15H22FN3O3S/c1-12-11-18(14-2-6-22-7-3-14)4-5-19(12)23(20,21)15-8-13(16)9-17-10-15/h8-10,12,14H,2-7,11H2,1H3/t12-/m1/s1. The number of hydrogen-bond donors (Lipinski definition) is 0. The van der Waals surface area contributed by atoms with Crippen molar-refractivity contribution in [1.82, 2.24) is 14.2 Å². The first-order valence-electron chi connectivity index (χ1n) is 7.92. The molecule has 0 saturated carbocycles. The maximum absolute atomic E-state index is 13.3. The second kappa shape index (κ2) is 6.80. The van der Waals surface area contributed by atoms with Crippen LogP contribution >= 0.6 is 0 Å². The molecule has 0 radical (unpaired) electrons. The largest absolute Gasteiger partial charge is 0.381 e. The third-order valence-electron chi connectivity index (χ3n) is 4.59. The number of sulfonamides is 1. The summed E-state index contributed by atoms with van der Waals surface area (Å²) >= 11 is 0. The Morgan fingerprint density at radius 1 is 1.26 bits per heavy atom. The van der Waals surface area contributed by atoms with Gasteiger partial charge in [0.1, 0.15) is 10.7 Å². The van der Waals surface area contributed by atoms with E-state index in [1.165, 1.54) is 10.5 Å². The lowest BCUT2D eigenvalue weighted by Gasteiger charge is -2.43. The number of ether oxygens (including phenoxy) is 1. The van der Waals surface area contributed by atoms with Gasteiger partial charge in [0.2, 0.25) is 10.0 Å². The summed E-state index contributed by atoms with van der Waals surface area (Å²) in [4.78, 5) is 5.92. The summed E-state index contributed by atoms with van der Waals surface area (Å²) in [6, 6.07) is 1.34. The lowest BCUT2D eigenvalue weighted by Crippen LogP contribution is -2.57. The quantitative estimate of drug-likeness (QED) is 0.822. The van der Waals surface area contributed by atoms with Crippen LogP contribution in [0.15, 0.2) is 23.4 Å². The molecule has 0 bridgehead atoms. The molecule has 2 aliphatic rings. The van der Waals surface area contributed by atoms with Gasteiger partial charge >= 0.3 is 0 Å². The minimum absolute atomic E-state index is 0.0798. The van der Waals surface area contributed by atoms with Gasteiger partial charge in [0.15, 0.2) is 0 Å². The van der Waals surface area contributed by atoms with E-state index in [4.69, 9.17) is 4.74 Å². The van der Waals surface area contributed by atoms with Gasteiger partial charge in [-0.1, -0.05) is 0 Å². The van der Waals surface area contributed by atoms with Crippen LogP contribution in [0.5, 0.6) is 0 Å². The van der Waals surface area contributed by atoms with Crippen LogP contribution in [0, 0.1) is 5.82 Å². The highest BCUT2D eigenvalue weighted by atomic mass is 32.2. The van der Waals surface area contributed by atoms with E-state index in [1.807, 2.05) is 6.92 Å². The van der Waals surface area contributed by atoms with Gasteiger partial charge in [0.25, 0.3) is 0 Å². The molecule has 3 rings (SSSR count). The van der Waals surface area contributed by atoms with Crippen molar-refractivity contribution >= 4 is 10.0 Å². The molecule has 23 heavy (non-hydrogen) atoms. The molecular weight excluding hydrogens is 321 g/mol. The monoisotopic (exact) mass is 343 g/mol. The Kier molecular flexibility index (Phi) is 4.96. The number of halogens is 1. The lowest BCUT2D eigenvalue weighted by atomic mass is 10.1. The van der Waals surface area contributed by atoms with Gasteiger partial charge in [-0.15, -0.1) is 0 Å². The third kappa shape index (κ3) is 3.55. The van der Waals surface area contributed by atoms with Crippen LogP contribution in [0.1, 0.15) is 19.8 Å². The third-order valence-corrected chi connectivity index (χ3v) is 6.57. The van der Waals surface area contributed by atoms with Crippen molar-refractivity contribution in [2.75, 3.05) is 32.8 Å². The van der Waals surface area contributed by atoms with Crippen LogP contribution < -0.4 is 0 Å². The summed E-state index contributed by atoms with van der Waals surface area (Å²) in [5, 5.41) is 0. The predicted octanol–water partition coefficient (Wildman–Crippen LogP) is 1.09. The minimum Gasteiger partial charge on any atom is -0.381 e. The Balaban J connectivity index is 1.72. The number of aromatic nitrogens is 1. The van der Waals surface area contributed by atoms with E-state index in [0.29, 0.717) is 25.7 Å². The first-order chi connectivity index (χ1) is 11.0. The van der Waals surface area contributed by atoms with Crippen molar-refractivity contribution in [3.05, 3.63) is 24.3 Å². The summed E-state index contributed by atoms with van der Waals surface area (Å²) < 4.78 is 45.6. The first-order valence-corrected chi connectivity index (χ1v) is 9.36. The highest BCUT2D eigenvalue weighted by Gasteiger charge is 2.36. The normalized spacial score (nSPS) is 25.6. The zero-order valence-electron chi connectivity index (χ0n) is 13.2. The van der Waals surface area contributed by atoms with Gasteiger partial charge in [-0.3, -0.25) is 9.88 Å². The van der Waals surface area contributed by atoms with Crippen molar-refractivity contribution in [2.45, 2.75) is 36.7 Å². The molecule has 8 heteroatoms. The van der Waals surface area contributed by atoms with Crippen LogP contribution in [-0.4, -0.2) is 67.5 Å². The number of piperazine rings is 1. The van der Waals surface area contributed by atoms with Gasteiger partial charge in [-0.05, 0) is 25.8 Å². The Morgan fingerprint density at radius 2 is 2.00 bits per heavy atom. The summed E-state index contributed by atoms with van der Waals surface area (Å²) in [5.74, 6) is -0.639. The van der Waals surface area contributed by atoms with Gasteiger partial charge in [-0.25, -0.2) is 12.8 Å². The number of hydrogen-bond acceptors (Lipinski definition) is 5. The highest BCUT2D eigenvalue weighted by Crippen LogP contribution is 2.24. The van der Waals surface area contributed by atoms with Crippen molar-refractivity contribution in [1.29, 1.82) is 0 Å². The molecule has 0 amide bonds. The van der Waals surface area contributed by atoms with E-state index in [0.717, 1.165) is 38.3 Å². The molecule has 0 unspecified atom stereocenters. The van der Waals surface area contributed by atoms with Crippen molar-refractivity contribution in [3.8, 4) is 0 Å². The molecule has 3 heterocycles. The first kappa shape index (κ1) is 16.8. The maximum Gasteiger partial charge on any atom is 0.245 e. The van der Waals surface area contributed by atoms with Gasteiger partial charge in [0.05, 0.1) is 6.20 Å². The molecule has 0 aliphatic carbocycles. The fourth-order valence-corrected chi connectivity index (χ4v) is 4.97. The summed E-state index contributed by atoms with van der Waals surface area (Å²) in [7, 11) is -3.71. The maximum atomic E-state index is 13.3. The van der Waals surface area contributed by atoms with Gasteiger partial charge in [0, 0.05) is 51.1 Å². The SMILES string of the molecule is C[C@@H]1CN(C2CCOCC2)CCN1S(=O)(=O)c1cncc(F)c1. The Morgan fingerprint density at radius 3 is 2.65 bits per heavy atom. The zero-order valence-corrected chi connectivity index (χ0v) is 14.0.